The molecular weight excluding hydrogens is 418 g/mol. The summed E-state index contributed by atoms with van der Waals surface area (Å²) in [6, 6.07) is 3.67. The lowest BCUT2D eigenvalue weighted by Crippen LogP contribution is -2.49. The normalized spacial score (nSPS) is 18.1. The van der Waals surface area contributed by atoms with E-state index in [0.29, 0.717) is 13.0 Å². The molecule has 11 heteroatoms. The predicted molar refractivity (Wildman–Crippen MR) is 110 cm³/mol. The number of nitrogens with one attached hydrogen (secondary N) is 2. The average Bonchev–Trinajstić information content (AvgIpc) is 2.64. The number of amides is 1. The van der Waals surface area contributed by atoms with E-state index < -0.39 is 20.0 Å². The maximum absolute atomic E-state index is 13.1. The van der Waals surface area contributed by atoms with Crippen molar-refractivity contribution in [2.45, 2.75) is 50.1 Å². The summed E-state index contributed by atoms with van der Waals surface area (Å²) in [5, 5.41) is 0. The van der Waals surface area contributed by atoms with Crippen molar-refractivity contribution >= 4 is 26.0 Å². The fourth-order valence-electron chi connectivity index (χ4n) is 3.29. The van der Waals surface area contributed by atoms with Crippen LogP contribution in [0.25, 0.3) is 0 Å². The Balaban J connectivity index is 2.34. The average molecular weight is 448 g/mol. The third-order valence-corrected chi connectivity index (χ3v) is 6.93. The van der Waals surface area contributed by atoms with E-state index in [4.69, 9.17) is 4.74 Å². The molecule has 1 aromatic rings. The van der Waals surface area contributed by atoms with Gasteiger partial charge in [-0.1, -0.05) is 0 Å². The second-order valence-corrected chi connectivity index (χ2v) is 10.9. The van der Waals surface area contributed by atoms with E-state index in [2.05, 4.69) is 9.44 Å². The Bertz CT molecular complexity index is 944. The van der Waals surface area contributed by atoms with Crippen molar-refractivity contribution in [3.05, 3.63) is 23.8 Å². The van der Waals surface area contributed by atoms with Crippen LogP contribution in [0, 0.1) is 0 Å². The number of nitrogens with zero attached hydrogens (tertiary/aromatic N) is 1. The second kappa shape index (κ2) is 9.41. The number of hydrogen-bond donors (Lipinski definition) is 2. The maximum Gasteiger partial charge on any atom is 0.254 e. The van der Waals surface area contributed by atoms with Crippen LogP contribution in [0.3, 0.4) is 0 Å². The Morgan fingerprint density at radius 1 is 1.24 bits per heavy atom. The Labute approximate surface area is 172 Å². The van der Waals surface area contributed by atoms with E-state index in [1.165, 1.54) is 25.3 Å². The highest BCUT2D eigenvalue weighted by molar-refractivity contribution is 7.89. The van der Waals surface area contributed by atoms with Gasteiger partial charge in [0.05, 0.1) is 13.4 Å². The first-order chi connectivity index (χ1) is 13.4. The van der Waals surface area contributed by atoms with Crippen molar-refractivity contribution in [3.8, 4) is 5.75 Å². The van der Waals surface area contributed by atoms with Gasteiger partial charge in [-0.05, 0) is 51.3 Å². The molecule has 0 aliphatic carbocycles. The van der Waals surface area contributed by atoms with Gasteiger partial charge in [-0.3, -0.25) is 4.79 Å². The molecule has 1 fully saturated rings. The van der Waals surface area contributed by atoms with Gasteiger partial charge in [-0.15, -0.1) is 0 Å². The van der Waals surface area contributed by atoms with Gasteiger partial charge in [0.25, 0.3) is 5.91 Å². The first-order valence-electron chi connectivity index (χ1n) is 9.40. The van der Waals surface area contributed by atoms with Crippen LogP contribution in [0.4, 0.5) is 0 Å². The standard InChI is InChI=1S/C18H29N3O6S2/c1-13(2)20-29(25,26)17-11-14(8-9-16(17)27-3)18(22)21-10-6-5-7-15(21)12-19-28(4,23)24/h8-9,11,13,15,19-20H,5-7,10,12H2,1-4H3. The van der Waals surface area contributed by atoms with Crippen molar-refractivity contribution in [1.29, 1.82) is 0 Å². The fourth-order valence-corrected chi connectivity index (χ4v) is 5.23. The predicted octanol–water partition coefficient (Wildman–Crippen LogP) is 0.926. The molecule has 2 rings (SSSR count). The summed E-state index contributed by atoms with van der Waals surface area (Å²) in [4.78, 5) is 14.6. The highest BCUT2D eigenvalue weighted by atomic mass is 32.2. The van der Waals surface area contributed by atoms with Crippen LogP contribution in [0.1, 0.15) is 43.5 Å². The maximum atomic E-state index is 13.1. The summed E-state index contributed by atoms with van der Waals surface area (Å²) < 4.78 is 58.3. The molecule has 29 heavy (non-hydrogen) atoms. The quantitative estimate of drug-likeness (QED) is 0.611. The Morgan fingerprint density at radius 2 is 1.93 bits per heavy atom. The van der Waals surface area contributed by atoms with Crippen LogP contribution in [0.15, 0.2) is 23.1 Å². The molecule has 0 bridgehead atoms. The molecule has 164 valence electrons. The van der Waals surface area contributed by atoms with Crippen molar-refractivity contribution in [3.63, 3.8) is 0 Å². The number of methoxy groups -OCH3 is 1. The first kappa shape index (κ1) is 23.6. The lowest BCUT2D eigenvalue weighted by atomic mass is 10.0. The van der Waals surface area contributed by atoms with Gasteiger partial charge in [-0.2, -0.15) is 0 Å². The molecule has 1 unspecified atom stereocenters. The molecule has 9 nitrogen and oxygen atoms in total. The molecule has 0 saturated carbocycles. The number of ether oxygens (including phenoxy) is 1. The molecule has 0 radical (unpaired) electrons. The molecule has 1 heterocycles. The van der Waals surface area contributed by atoms with Crippen LogP contribution in [0.2, 0.25) is 0 Å². The van der Waals surface area contributed by atoms with Gasteiger partial charge in [0.1, 0.15) is 10.6 Å². The number of benzene rings is 1. The molecule has 1 amide bonds. The second-order valence-electron chi connectivity index (χ2n) is 7.41. The van der Waals surface area contributed by atoms with Crippen molar-refractivity contribution < 1.29 is 26.4 Å². The van der Waals surface area contributed by atoms with Crippen molar-refractivity contribution in [1.82, 2.24) is 14.3 Å². The molecule has 2 N–H and O–H groups in total. The van der Waals surface area contributed by atoms with Gasteiger partial charge in [0.15, 0.2) is 0 Å². The summed E-state index contributed by atoms with van der Waals surface area (Å²) in [7, 11) is -5.88. The summed E-state index contributed by atoms with van der Waals surface area (Å²) in [6.45, 7) is 4.01. The number of carbonyl (C=O) groups is 1. The van der Waals surface area contributed by atoms with Crippen LogP contribution >= 0.6 is 0 Å². The summed E-state index contributed by atoms with van der Waals surface area (Å²) in [6.07, 6.45) is 3.44. The first-order valence-corrected chi connectivity index (χ1v) is 12.8. The number of piperidine rings is 1. The van der Waals surface area contributed by atoms with Gasteiger partial charge in [0, 0.05) is 30.7 Å². The van der Waals surface area contributed by atoms with E-state index in [1.807, 2.05) is 0 Å². The topological polar surface area (TPSA) is 122 Å². The van der Waals surface area contributed by atoms with E-state index in [9.17, 15) is 21.6 Å². The number of carbonyl (C=O) groups excluding carboxylic acids is 1. The summed E-state index contributed by atoms with van der Waals surface area (Å²) in [5.74, 6) is -0.197. The minimum atomic E-state index is -3.87. The minimum Gasteiger partial charge on any atom is -0.495 e. The fraction of sp³-hybridized carbons (Fsp3) is 0.611. The SMILES string of the molecule is COc1ccc(C(=O)N2CCCCC2CNS(C)(=O)=O)cc1S(=O)(=O)NC(C)C. The number of sulfonamides is 2. The van der Waals surface area contributed by atoms with Crippen LogP contribution in [-0.2, 0) is 20.0 Å². The van der Waals surface area contributed by atoms with Gasteiger partial charge < -0.3 is 9.64 Å². The molecule has 1 atom stereocenters. The van der Waals surface area contributed by atoms with Crippen LogP contribution < -0.4 is 14.2 Å². The zero-order valence-corrected chi connectivity index (χ0v) is 18.8. The Kier molecular flexibility index (Phi) is 7.66. The number of hydrogen-bond acceptors (Lipinski definition) is 6. The molecule has 0 spiro atoms. The largest absolute Gasteiger partial charge is 0.495 e. The zero-order chi connectivity index (χ0) is 21.8. The highest BCUT2D eigenvalue weighted by Crippen LogP contribution is 2.27. The third-order valence-electron chi connectivity index (χ3n) is 4.56. The zero-order valence-electron chi connectivity index (χ0n) is 17.1. The summed E-state index contributed by atoms with van der Waals surface area (Å²) >= 11 is 0. The van der Waals surface area contributed by atoms with Gasteiger partial charge >= 0.3 is 0 Å². The molecule has 1 aliphatic rings. The Hall–Kier alpha value is -1.69. The third kappa shape index (κ3) is 6.39. The Morgan fingerprint density at radius 3 is 2.52 bits per heavy atom. The molecule has 1 aromatic carbocycles. The monoisotopic (exact) mass is 447 g/mol. The number of likely N-dealkylation sites (tertiary alicyclic amines) is 1. The van der Waals surface area contributed by atoms with Crippen LogP contribution in [-0.4, -0.2) is 66.2 Å². The van der Waals surface area contributed by atoms with E-state index in [-0.39, 0.29) is 40.7 Å². The highest BCUT2D eigenvalue weighted by Gasteiger charge is 2.30. The lowest BCUT2D eigenvalue weighted by Gasteiger charge is -2.36. The summed E-state index contributed by atoms with van der Waals surface area (Å²) in [5.41, 5.74) is 0.209. The van der Waals surface area contributed by atoms with E-state index in [0.717, 1.165) is 19.1 Å². The smallest absolute Gasteiger partial charge is 0.254 e. The van der Waals surface area contributed by atoms with Crippen molar-refractivity contribution in [2.24, 2.45) is 0 Å². The van der Waals surface area contributed by atoms with E-state index in [1.54, 1.807) is 18.7 Å². The van der Waals surface area contributed by atoms with Gasteiger partial charge in [-0.25, -0.2) is 26.3 Å². The van der Waals surface area contributed by atoms with Crippen LogP contribution in [0.5, 0.6) is 5.75 Å². The molecular formula is C18H29N3O6S2. The molecule has 0 aromatic heterocycles. The van der Waals surface area contributed by atoms with Crippen molar-refractivity contribution in [2.75, 3.05) is 26.5 Å². The van der Waals surface area contributed by atoms with E-state index >= 15 is 0 Å². The number of rotatable bonds is 8. The minimum absolute atomic E-state index is 0.109. The molecule has 1 saturated heterocycles. The molecule has 1 aliphatic heterocycles. The van der Waals surface area contributed by atoms with Gasteiger partial charge in [0.2, 0.25) is 20.0 Å². The lowest BCUT2D eigenvalue weighted by molar-refractivity contribution is 0.0618.